The molecule has 63 heavy (non-hydrogen) atoms. The van der Waals surface area contributed by atoms with Crippen LogP contribution in [0, 0.1) is 6.92 Å². The maximum absolute atomic E-state index is 16.4. The molecule has 0 saturated carbocycles. The zero-order valence-electron chi connectivity index (χ0n) is 36.4. The summed E-state index contributed by atoms with van der Waals surface area (Å²) >= 11 is 0. The fourth-order valence-corrected chi connectivity index (χ4v) is 9.38. The van der Waals surface area contributed by atoms with E-state index in [1.54, 1.807) is 36.3 Å². The fourth-order valence-electron chi connectivity index (χ4n) is 9.38. The summed E-state index contributed by atoms with van der Waals surface area (Å²) < 4.78 is 25.1. The van der Waals surface area contributed by atoms with Crippen LogP contribution < -0.4 is 20.9 Å². The number of piperidine rings is 2. The number of alkyl halides is 1. The molecule has 3 amide bonds. The minimum absolute atomic E-state index is 0.0283. The number of likely N-dealkylation sites (tertiary alicyclic amines) is 2. The first-order valence-electron chi connectivity index (χ1n) is 21.9. The van der Waals surface area contributed by atoms with Gasteiger partial charge in [0.1, 0.15) is 29.5 Å². The van der Waals surface area contributed by atoms with Gasteiger partial charge in [-0.3, -0.25) is 9.69 Å². The molecule has 3 aliphatic rings. The van der Waals surface area contributed by atoms with Crippen molar-refractivity contribution >= 4 is 46.5 Å². The second-order valence-electron chi connectivity index (χ2n) is 17.3. The zero-order chi connectivity index (χ0) is 44.4. The number of nitrogens with zero attached hydrogens (tertiary/aromatic N) is 8. The summed E-state index contributed by atoms with van der Waals surface area (Å²) in [5, 5.41) is 22.5. The highest BCUT2D eigenvalue weighted by Crippen LogP contribution is 2.38. The number of aromatic hydroxyl groups is 1. The van der Waals surface area contributed by atoms with E-state index < -0.39 is 5.67 Å². The average Bonchev–Trinajstić information content (AvgIpc) is 3.63. The third-order valence-electron chi connectivity index (χ3n) is 13.2. The van der Waals surface area contributed by atoms with Crippen LogP contribution in [-0.2, 0) is 9.53 Å². The molecule has 8 rings (SSSR count). The van der Waals surface area contributed by atoms with Gasteiger partial charge in [-0.2, -0.15) is 0 Å². The summed E-state index contributed by atoms with van der Waals surface area (Å²) in [6, 6.07) is 18.2. The minimum atomic E-state index is -1.38. The summed E-state index contributed by atoms with van der Waals surface area (Å²) in [5.74, 6) is 0.282. The van der Waals surface area contributed by atoms with Gasteiger partial charge in [0.15, 0.2) is 5.82 Å². The van der Waals surface area contributed by atoms with E-state index in [-0.39, 0.29) is 73.6 Å². The van der Waals surface area contributed by atoms with Crippen molar-refractivity contribution in [2.45, 2.75) is 82.8 Å². The molecule has 0 spiro atoms. The number of carbonyl (C=O) groups excluding carboxylic acids is 3. The zero-order valence-corrected chi connectivity index (χ0v) is 36.4. The van der Waals surface area contributed by atoms with E-state index >= 15 is 4.39 Å². The number of aromatic nitrogens is 4. The first-order chi connectivity index (χ1) is 30.4. The van der Waals surface area contributed by atoms with Crippen molar-refractivity contribution < 1.29 is 28.6 Å². The minimum Gasteiger partial charge on any atom is -0.507 e. The summed E-state index contributed by atoms with van der Waals surface area (Å²) in [6.45, 7) is 9.42. The van der Waals surface area contributed by atoms with Crippen LogP contribution in [0.1, 0.15) is 79.6 Å². The standard InChI is InChI=1S/C47H57FN10O5/c1-30-27-58(44-38(30)24-36(26-51-44)56(18-7-23-59)46(62)50-4)35-14-19-54(20-15-35)29-47(48)16-21-55(22-17-47)45(61)34-12-10-33(11-13-34)42-28-57(31(2)32(3)63-42)40-25-39(52-53-43(40)49)37-8-5-6-9-41(37)60/h5-6,8-13,23-27,31-32,35,42,60H,7,14-22,28-29H2,1-4H3,(H2,49,53)(H,50,62). The number of pyridine rings is 1. The molecule has 0 aliphatic carbocycles. The summed E-state index contributed by atoms with van der Waals surface area (Å²) in [7, 11) is 1.56. The number of phenolic OH excluding ortho intramolecular Hbond substituents is 1. The Morgan fingerprint density at radius 3 is 2.48 bits per heavy atom. The number of fused-ring (bicyclic) bond motifs is 1. The fraction of sp³-hybridized carbons (Fsp3) is 0.447. The predicted molar refractivity (Wildman–Crippen MR) is 241 cm³/mol. The van der Waals surface area contributed by atoms with Crippen LogP contribution in [0.15, 0.2) is 73.1 Å². The van der Waals surface area contributed by atoms with Crippen molar-refractivity contribution in [1.29, 1.82) is 0 Å². The van der Waals surface area contributed by atoms with Crippen molar-refractivity contribution in [3.8, 4) is 17.0 Å². The van der Waals surface area contributed by atoms with Crippen molar-refractivity contribution in [2.75, 3.05) is 68.4 Å². The van der Waals surface area contributed by atoms with Gasteiger partial charge in [0.25, 0.3) is 5.91 Å². The van der Waals surface area contributed by atoms with Gasteiger partial charge >= 0.3 is 6.03 Å². The van der Waals surface area contributed by atoms with Crippen LogP contribution in [0.25, 0.3) is 22.3 Å². The van der Waals surface area contributed by atoms with Crippen LogP contribution in [0.3, 0.4) is 0 Å². The number of aldehydes is 1. The van der Waals surface area contributed by atoms with Crippen molar-refractivity contribution in [1.82, 2.24) is 34.9 Å². The topological polar surface area (TPSA) is 175 Å². The van der Waals surface area contributed by atoms with Crippen LogP contribution in [-0.4, -0.2) is 124 Å². The predicted octanol–water partition coefficient (Wildman–Crippen LogP) is 6.46. The molecule has 0 bridgehead atoms. The number of rotatable bonds is 11. The normalized spacial score (nSPS) is 20.7. The maximum atomic E-state index is 16.4. The third kappa shape index (κ3) is 9.05. The van der Waals surface area contributed by atoms with Crippen molar-refractivity contribution in [3.63, 3.8) is 0 Å². The summed E-state index contributed by atoms with van der Waals surface area (Å²) in [5.41, 5.74) is 10.8. The van der Waals surface area contributed by atoms with Gasteiger partial charge in [-0.05, 0) is 81.1 Å². The molecule has 332 valence electrons. The van der Waals surface area contributed by atoms with Crippen LogP contribution in [0.5, 0.6) is 5.75 Å². The van der Waals surface area contributed by atoms with Gasteiger partial charge in [-0.15, -0.1) is 10.2 Å². The average molecular weight is 861 g/mol. The molecule has 3 atom stereocenters. The third-order valence-corrected chi connectivity index (χ3v) is 13.2. The van der Waals surface area contributed by atoms with Gasteiger partial charge in [-0.1, -0.05) is 24.3 Å². The number of aryl methyl sites for hydroxylation is 1. The number of anilines is 3. The molecule has 2 aromatic carbocycles. The number of hydrogen-bond donors (Lipinski definition) is 3. The smallest absolute Gasteiger partial charge is 0.321 e. The quantitative estimate of drug-likeness (QED) is 0.124. The van der Waals surface area contributed by atoms with E-state index in [0.717, 1.165) is 54.4 Å². The number of nitrogen functional groups attached to an aromatic ring is 1. The van der Waals surface area contributed by atoms with Gasteiger partial charge in [0.2, 0.25) is 0 Å². The molecular formula is C47H57FN10O5. The number of amides is 3. The Kier molecular flexibility index (Phi) is 12.6. The summed E-state index contributed by atoms with van der Waals surface area (Å²) in [4.78, 5) is 49.7. The number of phenols is 1. The van der Waals surface area contributed by atoms with E-state index in [0.29, 0.717) is 54.4 Å². The summed E-state index contributed by atoms with van der Waals surface area (Å²) in [6.07, 6.45) is 6.63. The van der Waals surface area contributed by atoms with E-state index in [9.17, 15) is 19.5 Å². The molecular weight excluding hydrogens is 804 g/mol. The Labute approximate surface area is 367 Å². The van der Waals surface area contributed by atoms with Crippen molar-refractivity contribution in [2.24, 2.45) is 0 Å². The number of hydrogen-bond acceptors (Lipinski definition) is 11. The highest BCUT2D eigenvalue weighted by molar-refractivity contribution is 5.95. The molecule has 3 aromatic heterocycles. The van der Waals surface area contributed by atoms with Gasteiger partial charge in [0, 0.05) is 101 Å². The van der Waals surface area contributed by atoms with E-state index in [2.05, 4.69) is 43.0 Å². The Morgan fingerprint density at radius 1 is 1.05 bits per heavy atom. The lowest BCUT2D eigenvalue weighted by atomic mass is 9.91. The monoisotopic (exact) mass is 860 g/mol. The van der Waals surface area contributed by atoms with Crippen molar-refractivity contribution in [3.05, 3.63) is 89.7 Å². The Hall–Kier alpha value is -6.13. The van der Waals surface area contributed by atoms with E-state index in [1.165, 1.54) is 4.90 Å². The highest BCUT2D eigenvalue weighted by atomic mass is 19.1. The maximum Gasteiger partial charge on any atom is 0.321 e. The van der Waals surface area contributed by atoms with Gasteiger partial charge in [-0.25, -0.2) is 14.2 Å². The lowest BCUT2D eigenvalue weighted by Crippen LogP contribution is -2.51. The molecule has 3 aliphatic heterocycles. The first-order valence-corrected chi connectivity index (χ1v) is 21.9. The number of halogens is 1. The number of para-hydroxylation sites is 1. The second-order valence-corrected chi connectivity index (χ2v) is 17.3. The lowest BCUT2D eigenvalue weighted by Gasteiger charge is -2.44. The number of carbonyl (C=O) groups is 3. The second kappa shape index (κ2) is 18.3. The number of nitrogens with one attached hydrogen (secondary N) is 1. The lowest BCUT2D eigenvalue weighted by molar-refractivity contribution is -0.107. The molecule has 6 heterocycles. The number of morpholine rings is 1. The van der Waals surface area contributed by atoms with Crippen LogP contribution in [0.2, 0.25) is 0 Å². The number of benzene rings is 2. The molecule has 4 N–H and O–H groups in total. The highest BCUT2D eigenvalue weighted by Gasteiger charge is 2.39. The van der Waals surface area contributed by atoms with Gasteiger partial charge in [0.05, 0.1) is 35.4 Å². The SMILES string of the molecule is CNC(=O)N(CCC=O)c1cnc2c(c1)c(C)cn2C1CCN(CC2(F)CCN(C(=O)c3ccc(C4CN(c5cc(-c6ccccc6O)nnc5N)C(C)C(C)O4)cc3)CC2)CC1. The Bertz CT molecular complexity index is 2450. The van der Waals surface area contributed by atoms with E-state index in [1.807, 2.05) is 56.3 Å². The molecule has 5 aromatic rings. The van der Waals surface area contributed by atoms with Crippen LogP contribution in [0.4, 0.5) is 26.4 Å². The van der Waals surface area contributed by atoms with E-state index in [4.69, 9.17) is 15.5 Å². The number of ether oxygens (including phenoxy) is 1. The number of nitrogens with two attached hydrogens (primary N) is 1. The molecule has 3 saturated heterocycles. The first kappa shape index (κ1) is 43.5. The number of urea groups is 1. The molecule has 16 heteroatoms. The van der Waals surface area contributed by atoms with Gasteiger partial charge < -0.3 is 45.0 Å². The Balaban J connectivity index is 0.849. The molecule has 15 nitrogen and oxygen atoms in total. The molecule has 3 unspecified atom stereocenters. The molecule has 0 radical (unpaired) electrons. The Morgan fingerprint density at radius 2 is 1.78 bits per heavy atom. The van der Waals surface area contributed by atoms with Crippen LogP contribution >= 0.6 is 0 Å². The molecule has 3 fully saturated rings. The largest absolute Gasteiger partial charge is 0.507 e.